The van der Waals surface area contributed by atoms with Crippen molar-refractivity contribution < 1.29 is 9.53 Å². The van der Waals surface area contributed by atoms with E-state index in [9.17, 15) is 4.79 Å². The van der Waals surface area contributed by atoms with Gasteiger partial charge in [-0.15, -0.1) is 0 Å². The van der Waals surface area contributed by atoms with Gasteiger partial charge in [0.1, 0.15) is 0 Å². The second-order valence-corrected chi connectivity index (χ2v) is 4.81. The molecule has 1 aliphatic heterocycles. The second-order valence-electron chi connectivity index (χ2n) is 4.81. The fourth-order valence-corrected chi connectivity index (χ4v) is 1.89. The summed E-state index contributed by atoms with van der Waals surface area (Å²) in [7, 11) is 1.36. The van der Waals surface area contributed by atoms with E-state index in [0.717, 1.165) is 22.5 Å². The second kappa shape index (κ2) is 8.73. The minimum atomic E-state index is -0.369. The summed E-state index contributed by atoms with van der Waals surface area (Å²) in [6.07, 6.45) is 8.93. The Morgan fingerprint density at radius 2 is 2.00 bits per heavy atom. The monoisotopic (exact) mass is 312 g/mol. The van der Waals surface area contributed by atoms with Gasteiger partial charge in [0.2, 0.25) is 0 Å². The quantitative estimate of drug-likeness (QED) is 0.784. The summed E-state index contributed by atoms with van der Waals surface area (Å²) < 4.78 is 4.73. The molecule has 0 aliphatic carbocycles. The van der Waals surface area contributed by atoms with Crippen LogP contribution < -0.4 is 0 Å². The summed E-state index contributed by atoms with van der Waals surface area (Å²) >= 11 is 0. The van der Waals surface area contributed by atoms with Gasteiger partial charge in [0.15, 0.2) is 0 Å². The van der Waals surface area contributed by atoms with Crippen LogP contribution in [0.2, 0.25) is 0 Å². The lowest BCUT2D eigenvalue weighted by Gasteiger charge is -2.21. The van der Waals surface area contributed by atoms with Crippen LogP contribution in [0.3, 0.4) is 0 Å². The Morgan fingerprint density at radius 3 is 2.57 bits per heavy atom. The van der Waals surface area contributed by atoms with Crippen LogP contribution in [0.15, 0.2) is 60.7 Å². The maximum atomic E-state index is 11.6. The van der Waals surface area contributed by atoms with E-state index in [1.54, 1.807) is 23.3 Å². The van der Waals surface area contributed by atoms with Gasteiger partial charge in [-0.1, -0.05) is 26.5 Å². The number of ether oxygens (including phenoxy) is 1. The molecule has 0 amide bonds. The standard InChI is InChI=1S/C17H18N2O2.C2H6/c1-12(15-7-5-13(2)18-9-15)10-19-11-16(17(20)21-4)8-6-14(19)3;1-2/h5-11H,3H2,1-2,4H3;1-2H3/b12-10+;. The molecule has 0 radical (unpaired) electrons. The Kier molecular flexibility index (Phi) is 7.00. The summed E-state index contributed by atoms with van der Waals surface area (Å²) in [5, 5.41) is 0. The number of pyridine rings is 1. The smallest absolute Gasteiger partial charge is 0.339 e. The molecule has 1 aromatic heterocycles. The average Bonchev–Trinajstić information content (AvgIpc) is 2.58. The number of esters is 1. The summed E-state index contributed by atoms with van der Waals surface area (Å²) in [4.78, 5) is 17.7. The minimum Gasteiger partial charge on any atom is -0.465 e. The molecule has 23 heavy (non-hydrogen) atoms. The van der Waals surface area contributed by atoms with E-state index in [-0.39, 0.29) is 5.97 Å². The Labute approximate surface area is 138 Å². The zero-order valence-electron chi connectivity index (χ0n) is 14.5. The highest BCUT2D eigenvalue weighted by molar-refractivity contribution is 5.92. The zero-order chi connectivity index (χ0) is 17.4. The Bertz CT molecular complexity index is 652. The van der Waals surface area contributed by atoms with Crippen molar-refractivity contribution in [3.8, 4) is 0 Å². The Morgan fingerprint density at radius 1 is 1.30 bits per heavy atom. The predicted octanol–water partition coefficient (Wildman–Crippen LogP) is 4.22. The van der Waals surface area contributed by atoms with Crippen molar-refractivity contribution in [2.24, 2.45) is 0 Å². The molecule has 0 bridgehead atoms. The van der Waals surface area contributed by atoms with Gasteiger partial charge in [-0.25, -0.2) is 4.79 Å². The number of hydrogen-bond donors (Lipinski definition) is 0. The van der Waals surface area contributed by atoms with Crippen molar-refractivity contribution in [1.82, 2.24) is 9.88 Å². The van der Waals surface area contributed by atoms with E-state index in [4.69, 9.17) is 4.74 Å². The summed E-state index contributed by atoms with van der Waals surface area (Å²) in [5.41, 5.74) is 4.29. The van der Waals surface area contributed by atoms with Crippen LogP contribution in [0.1, 0.15) is 32.0 Å². The molecule has 0 aromatic carbocycles. The molecular formula is C19H24N2O2. The zero-order valence-corrected chi connectivity index (χ0v) is 14.5. The van der Waals surface area contributed by atoms with Crippen molar-refractivity contribution >= 4 is 11.5 Å². The summed E-state index contributed by atoms with van der Waals surface area (Å²) in [6, 6.07) is 3.98. The van der Waals surface area contributed by atoms with E-state index >= 15 is 0 Å². The van der Waals surface area contributed by atoms with Crippen LogP contribution in [0.5, 0.6) is 0 Å². The van der Waals surface area contributed by atoms with Gasteiger partial charge in [0.05, 0.1) is 12.7 Å². The lowest BCUT2D eigenvalue weighted by atomic mass is 10.1. The first-order chi connectivity index (χ1) is 11.0. The number of carbonyl (C=O) groups excluding carboxylic acids is 1. The lowest BCUT2D eigenvalue weighted by Crippen LogP contribution is -2.15. The molecule has 0 atom stereocenters. The maximum absolute atomic E-state index is 11.6. The number of hydrogen-bond acceptors (Lipinski definition) is 4. The van der Waals surface area contributed by atoms with E-state index in [2.05, 4.69) is 11.6 Å². The van der Waals surface area contributed by atoms with Crippen molar-refractivity contribution in [1.29, 1.82) is 0 Å². The minimum absolute atomic E-state index is 0.369. The molecule has 0 N–H and O–H groups in total. The molecule has 0 spiro atoms. The molecule has 1 aliphatic rings. The van der Waals surface area contributed by atoms with Crippen molar-refractivity contribution in [3.05, 3.63) is 72.0 Å². The number of rotatable bonds is 3. The first kappa shape index (κ1) is 18.4. The molecule has 0 saturated carbocycles. The molecule has 1 aromatic rings. The first-order valence-corrected chi connectivity index (χ1v) is 7.58. The number of aryl methyl sites for hydroxylation is 1. The SMILES string of the molecule is C=C1C=CC(C(=O)OC)=CN1/C=C(\C)c1ccc(C)nc1.CC. The van der Waals surface area contributed by atoms with Gasteiger partial charge >= 0.3 is 5.97 Å². The van der Waals surface area contributed by atoms with Crippen molar-refractivity contribution in [2.45, 2.75) is 27.7 Å². The van der Waals surface area contributed by atoms with Gasteiger partial charge in [-0.05, 0) is 43.2 Å². The molecule has 0 fully saturated rings. The van der Waals surface area contributed by atoms with E-state index in [1.807, 2.05) is 52.2 Å². The fraction of sp³-hybridized carbons (Fsp3) is 0.263. The lowest BCUT2D eigenvalue weighted by molar-refractivity contribution is -0.135. The third-order valence-electron chi connectivity index (χ3n) is 3.19. The Balaban J connectivity index is 0.00000127. The highest BCUT2D eigenvalue weighted by Crippen LogP contribution is 2.21. The van der Waals surface area contributed by atoms with Crippen LogP contribution in [0.4, 0.5) is 0 Å². The average molecular weight is 312 g/mol. The molecule has 0 saturated heterocycles. The van der Waals surface area contributed by atoms with Gasteiger partial charge in [0.25, 0.3) is 0 Å². The highest BCUT2D eigenvalue weighted by Gasteiger charge is 2.13. The number of nitrogens with zero attached hydrogens (tertiary/aromatic N) is 2. The molecule has 4 heteroatoms. The topological polar surface area (TPSA) is 42.4 Å². The largest absolute Gasteiger partial charge is 0.465 e. The molecular weight excluding hydrogens is 288 g/mol. The van der Waals surface area contributed by atoms with Crippen LogP contribution in [0, 0.1) is 6.92 Å². The Hall–Kier alpha value is -2.62. The molecule has 2 heterocycles. The van der Waals surface area contributed by atoms with Crippen LogP contribution in [-0.2, 0) is 9.53 Å². The molecule has 0 unspecified atom stereocenters. The van der Waals surface area contributed by atoms with Crippen LogP contribution >= 0.6 is 0 Å². The van der Waals surface area contributed by atoms with E-state index in [0.29, 0.717) is 5.57 Å². The fourth-order valence-electron chi connectivity index (χ4n) is 1.89. The van der Waals surface area contributed by atoms with Gasteiger partial charge in [-0.2, -0.15) is 0 Å². The third kappa shape index (κ3) is 4.95. The van der Waals surface area contributed by atoms with E-state index in [1.165, 1.54) is 7.11 Å². The summed E-state index contributed by atoms with van der Waals surface area (Å²) in [6.45, 7) is 11.9. The number of methoxy groups -OCH3 is 1. The molecule has 4 nitrogen and oxygen atoms in total. The van der Waals surface area contributed by atoms with E-state index < -0.39 is 0 Å². The molecule has 2 rings (SSSR count). The number of carbonyl (C=O) groups is 1. The van der Waals surface area contributed by atoms with Crippen molar-refractivity contribution in [3.63, 3.8) is 0 Å². The molecule has 122 valence electrons. The number of aromatic nitrogens is 1. The first-order valence-electron chi connectivity index (χ1n) is 7.58. The highest BCUT2D eigenvalue weighted by atomic mass is 16.5. The van der Waals surface area contributed by atoms with Crippen molar-refractivity contribution in [2.75, 3.05) is 7.11 Å². The predicted molar refractivity (Wildman–Crippen MR) is 94.2 cm³/mol. The normalized spacial score (nSPS) is 14.0. The maximum Gasteiger partial charge on any atom is 0.339 e. The van der Waals surface area contributed by atoms with Gasteiger partial charge < -0.3 is 9.64 Å². The van der Waals surface area contributed by atoms with Crippen LogP contribution in [0.25, 0.3) is 5.57 Å². The van der Waals surface area contributed by atoms with Gasteiger partial charge in [0, 0.05) is 30.0 Å². The van der Waals surface area contributed by atoms with Crippen LogP contribution in [-0.4, -0.2) is 23.0 Å². The summed E-state index contributed by atoms with van der Waals surface area (Å²) in [5.74, 6) is -0.369. The number of allylic oxidation sites excluding steroid dienone is 2. The third-order valence-corrected chi connectivity index (χ3v) is 3.19. The van der Waals surface area contributed by atoms with Gasteiger partial charge in [-0.3, -0.25) is 4.98 Å².